The molecule has 0 amide bonds. The second kappa shape index (κ2) is 14.6. The van der Waals surface area contributed by atoms with Gasteiger partial charge in [-0.3, -0.25) is 0 Å². The molecule has 0 aliphatic heterocycles. The number of halogens is 1. The van der Waals surface area contributed by atoms with Gasteiger partial charge in [0.25, 0.3) is 0 Å². The zero-order chi connectivity index (χ0) is 25.9. The van der Waals surface area contributed by atoms with Gasteiger partial charge in [0.05, 0.1) is 23.3 Å². The zero-order valence-electron chi connectivity index (χ0n) is 21.2. The Kier molecular flexibility index (Phi) is 11.6. The standard InChI is InChI=1S/C23H19BrO4S2.C6H14/c1-29-21(30(2)25)12-16-4-3-5-19(18-6-8-26-14-18)22(16)28-13-15-10-17-7-9-27-23(17)20(24)11-15;1-3-5-6-4-2/h3-12,14H,13H2,1-2H3;3-6H2,1-2H3/b21-12+;. The number of para-hydroxylation sites is 1. The van der Waals surface area contributed by atoms with Gasteiger partial charge in [-0.05, 0) is 63.2 Å². The first-order chi connectivity index (χ1) is 17.5. The minimum atomic E-state index is -1.08. The molecule has 4 aromatic rings. The predicted molar refractivity (Wildman–Crippen MR) is 158 cm³/mol. The molecule has 2 aromatic heterocycles. The third-order valence-electron chi connectivity index (χ3n) is 5.54. The predicted octanol–water partition coefficient (Wildman–Crippen LogP) is 9.66. The van der Waals surface area contributed by atoms with Crippen molar-refractivity contribution < 1.29 is 18.1 Å². The van der Waals surface area contributed by atoms with Gasteiger partial charge in [0.2, 0.25) is 0 Å². The topological polar surface area (TPSA) is 58.6 Å². The fourth-order valence-electron chi connectivity index (χ4n) is 3.70. The summed E-state index contributed by atoms with van der Waals surface area (Å²) in [5, 5.41) is 1.01. The molecule has 0 fully saturated rings. The Hall–Kier alpha value is -2.06. The Morgan fingerprint density at radius 3 is 2.53 bits per heavy atom. The van der Waals surface area contributed by atoms with Crippen LogP contribution in [0.4, 0.5) is 0 Å². The summed E-state index contributed by atoms with van der Waals surface area (Å²) in [6.45, 7) is 4.84. The maximum absolute atomic E-state index is 12.1. The van der Waals surface area contributed by atoms with Crippen LogP contribution in [0.2, 0.25) is 0 Å². The van der Waals surface area contributed by atoms with E-state index < -0.39 is 11.2 Å². The van der Waals surface area contributed by atoms with Crippen molar-refractivity contribution in [2.45, 2.75) is 46.1 Å². The van der Waals surface area contributed by atoms with Crippen LogP contribution in [0.25, 0.3) is 28.2 Å². The number of hydrogen-bond donors (Lipinski definition) is 0. The summed E-state index contributed by atoms with van der Waals surface area (Å²) in [5.74, 6) is 0.722. The molecule has 0 aliphatic rings. The van der Waals surface area contributed by atoms with Crippen LogP contribution in [0.5, 0.6) is 5.75 Å². The molecule has 4 nitrogen and oxygen atoms in total. The fourth-order valence-corrected chi connectivity index (χ4v) is 5.79. The van der Waals surface area contributed by atoms with E-state index in [1.807, 2.05) is 54.8 Å². The Morgan fingerprint density at radius 2 is 1.89 bits per heavy atom. The van der Waals surface area contributed by atoms with Crippen LogP contribution in [-0.2, 0) is 17.8 Å². The van der Waals surface area contributed by atoms with E-state index in [0.29, 0.717) is 6.61 Å². The number of furan rings is 2. The number of rotatable bonds is 10. The molecule has 0 radical (unpaired) electrons. The Balaban J connectivity index is 0.000000538. The lowest BCUT2D eigenvalue weighted by atomic mass is 10.0. The van der Waals surface area contributed by atoms with Gasteiger partial charge in [0.15, 0.2) is 4.24 Å². The van der Waals surface area contributed by atoms with E-state index in [2.05, 4.69) is 29.8 Å². The van der Waals surface area contributed by atoms with Gasteiger partial charge < -0.3 is 18.1 Å². The minimum absolute atomic E-state index is 0.374. The van der Waals surface area contributed by atoms with Crippen molar-refractivity contribution in [1.29, 1.82) is 0 Å². The lowest BCUT2D eigenvalue weighted by Crippen LogP contribution is -2.01. The van der Waals surface area contributed by atoms with Crippen molar-refractivity contribution in [1.82, 2.24) is 0 Å². The number of fused-ring (bicyclic) bond motifs is 1. The van der Waals surface area contributed by atoms with E-state index in [1.165, 1.54) is 37.4 Å². The third kappa shape index (κ3) is 7.72. The van der Waals surface area contributed by atoms with E-state index in [4.69, 9.17) is 13.6 Å². The number of ether oxygens (including phenoxy) is 1. The van der Waals surface area contributed by atoms with Crippen LogP contribution in [0.1, 0.15) is 50.7 Å². The normalized spacial score (nSPS) is 12.3. The molecule has 2 aromatic carbocycles. The average Bonchev–Trinajstić information content (AvgIpc) is 3.58. The molecule has 0 spiro atoms. The van der Waals surface area contributed by atoms with E-state index in [1.54, 1.807) is 25.0 Å². The van der Waals surface area contributed by atoms with Crippen molar-refractivity contribution in [3.8, 4) is 16.9 Å². The Labute approximate surface area is 229 Å². The summed E-state index contributed by atoms with van der Waals surface area (Å²) >= 11 is 3.96. The lowest BCUT2D eigenvalue weighted by Gasteiger charge is -2.15. The van der Waals surface area contributed by atoms with Crippen LogP contribution in [-0.4, -0.2) is 17.1 Å². The molecule has 0 aliphatic carbocycles. The van der Waals surface area contributed by atoms with Crippen LogP contribution in [0, 0.1) is 0 Å². The van der Waals surface area contributed by atoms with Gasteiger partial charge in [0.1, 0.15) is 24.2 Å². The Bertz CT molecular complexity index is 1240. The van der Waals surface area contributed by atoms with Crippen molar-refractivity contribution in [3.05, 3.63) is 81.1 Å². The smallest absolute Gasteiger partial charge is 0.186 e. The second-order valence-electron chi connectivity index (χ2n) is 8.27. The van der Waals surface area contributed by atoms with Gasteiger partial charge in [-0.2, -0.15) is 0 Å². The second-order valence-corrected chi connectivity index (χ2v) is 11.6. The first kappa shape index (κ1) is 28.5. The van der Waals surface area contributed by atoms with Gasteiger partial charge >= 0.3 is 0 Å². The SMILES string of the molecule is CCCCCC.CS/C(=C\c1cccc(-c2ccoc2)c1OCc1cc(Br)c2occc2c1)[S+](C)[O-]. The lowest BCUT2D eigenvalue weighted by molar-refractivity contribution is 0.307. The van der Waals surface area contributed by atoms with Gasteiger partial charge in [-0.1, -0.05) is 69.5 Å². The summed E-state index contributed by atoms with van der Waals surface area (Å²) in [6, 6.07) is 13.8. The fraction of sp³-hybridized carbons (Fsp3) is 0.310. The number of benzene rings is 2. The molecular weight excluding hydrogens is 556 g/mol. The van der Waals surface area contributed by atoms with E-state index in [9.17, 15) is 4.55 Å². The third-order valence-corrected chi connectivity index (χ3v) is 8.54. The van der Waals surface area contributed by atoms with Crippen molar-refractivity contribution in [3.63, 3.8) is 0 Å². The van der Waals surface area contributed by atoms with Crippen LogP contribution in [0.3, 0.4) is 0 Å². The Morgan fingerprint density at radius 1 is 1.11 bits per heavy atom. The quantitative estimate of drug-likeness (QED) is 0.136. The highest BCUT2D eigenvalue weighted by atomic mass is 79.9. The number of hydrogen-bond acceptors (Lipinski definition) is 5. The molecule has 4 rings (SSSR count). The first-order valence-electron chi connectivity index (χ1n) is 12.0. The van der Waals surface area contributed by atoms with Crippen molar-refractivity contribution in [2.24, 2.45) is 0 Å². The monoisotopic (exact) mass is 588 g/mol. The molecule has 0 saturated carbocycles. The summed E-state index contributed by atoms with van der Waals surface area (Å²) in [7, 11) is 0. The average molecular weight is 590 g/mol. The van der Waals surface area contributed by atoms with E-state index in [0.717, 1.165) is 47.7 Å². The van der Waals surface area contributed by atoms with E-state index in [-0.39, 0.29) is 0 Å². The highest BCUT2D eigenvalue weighted by Gasteiger charge is 2.16. The summed E-state index contributed by atoms with van der Waals surface area (Å²) in [6.07, 6.45) is 16.1. The summed E-state index contributed by atoms with van der Waals surface area (Å²) in [5.41, 5.74) is 4.54. The van der Waals surface area contributed by atoms with Crippen LogP contribution >= 0.6 is 27.7 Å². The van der Waals surface area contributed by atoms with Crippen molar-refractivity contribution in [2.75, 3.05) is 12.5 Å². The highest BCUT2D eigenvalue weighted by Crippen LogP contribution is 2.37. The van der Waals surface area contributed by atoms with Crippen LogP contribution < -0.4 is 4.74 Å². The van der Waals surface area contributed by atoms with Gasteiger partial charge in [0, 0.05) is 28.2 Å². The summed E-state index contributed by atoms with van der Waals surface area (Å²) in [4.78, 5) is 0. The zero-order valence-corrected chi connectivity index (χ0v) is 24.4. The molecule has 36 heavy (non-hydrogen) atoms. The van der Waals surface area contributed by atoms with Gasteiger partial charge in [-0.25, -0.2) is 0 Å². The number of unbranched alkanes of at least 4 members (excludes halogenated alkanes) is 3. The van der Waals surface area contributed by atoms with Crippen molar-refractivity contribution >= 4 is 55.9 Å². The van der Waals surface area contributed by atoms with Gasteiger partial charge in [-0.15, -0.1) is 0 Å². The molecule has 1 atom stereocenters. The number of thioether (sulfide) groups is 1. The molecule has 0 N–H and O–H groups in total. The molecule has 1 unspecified atom stereocenters. The minimum Gasteiger partial charge on any atom is -0.611 e. The molecule has 7 heteroatoms. The maximum Gasteiger partial charge on any atom is 0.186 e. The van der Waals surface area contributed by atoms with E-state index >= 15 is 0 Å². The first-order valence-corrected chi connectivity index (χ1v) is 15.6. The largest absolute Gasteiger partial charge is 0.611 e. The highest BCUT2D eigenvalue weighted by molar-refractivity contribution is 9.10. The molecule has 0 saturated heterocycles. The molecule has 0 bridgehead atoms. The molecular formula is C29H33BrO4S2. The summed E-state index contributed by atoms with van der Waals surface area (Å²) < 4.78 is 30.9. The molecule has 192 valence electrons. The maximum atomic E-state index is 12.1. The van der Waals surface area contributed by atoms with Crippen LogP contribution in [0.15, 0.2) is 78.8 Å². The molecule has 2 heterocycles.